The fourth-order valence-corrected chi connectivity index (χ4v) is 0.141. The zero-order chi connectivity index (χ0) is 7.54. The molecule has 0 N–H and O–H groups in total. The molecule has 0 aromatic rings. The summed E-state index contributed by atoms with van der Waals surface area (Å²) in [7, 11) is 1.65. The van der Waals surface area contributed by atoms with E-state index in [2.05, 4.69) is 29.8 Å². The highest BCUT2D eigenvalue weighted by molar-refractivity contribution is 5.40. The molecule has 0 saturated heterocycles. The largest absolute Gasteiger partial charge is 0.229 e. The molecule has 0 aliphatic heterocycles. The standard InChI is InChI=1S/C4H8N2.C3H8/c1-3-6-4-5-2;1-3-2/h3H2,1-2H3;3H2,1-2H3. The lowest BCUT2D eigenvalue weighted by molar-refractivity contribution is 1.09. The molecule has 0 radical (unpaired) electrons. The Hall–Kier alpha value is -0.620. The van der Waals surface area contributed by atoms with Gasteiger partial charge < -0.3 is 0 Å². The quantitative estimate of drug-likeness (QED) is 0.484. The first-order valence-corrected chi connectivity index (χ1v) is 3.33. The van der Waals surface area contributed by atoms with Crippen molar-refractivity contribution < 1.29 is 0 Å². The van der Waals surface area contributed by atoms with Crippen LogP contribution < -0.4 is 0 Å². The van der Waals surface area contributed by atoms with E-state index in [1.54, 1.807) is 7.05 Å². The van der Waals surface area contributed by atoms with Gasteiger partial charge in [-0.15, -0.1) is 0 Å². The molecular formula is C7H16N2. The van der Waals surface area contributed by atoms with E-state index < -0.39 is 0 Å². The number of nitrogens with zero attached hydrogens (tertiary/aromatic N) is 2. The second-order valence-corrected chi connectivity index (χ2v) is 1.51. The average molecular weight is 128 g/mol. The van der Waals surface area contributed by atoms with E-state index in [9.17, 15) is 0 Å². The highest BCUT2D eigenvalue weighted by Crippen LogP contribution is 1.56. The summed E-state index contributed by atoms with van der Waals surface area (Å²) in [5.74, 6) is 0. The van der Waals surface area contributed by atoms with Gasteiger partial charge in [0.1, 0.15) is 0 Å². The summed E-state index contributed by atoms with van der Waals surface area (Å²) in [4.78, 5) is 7.18. The van der Waals surface area contributed by atoms with Gasteiger partial charge in [-0.2, -0.15) is 0 Å². The van der Waals surface area contributed by atoms with Crippen molar-refractivity contribution in [2.24, 2.45) is 9.98 Å². The summed E-state index contributed by atoms with van der Waals surface area (Å²) in [6, 6.07) is 2.45. The van der Waals surface area contributed by atoms with Crippen LogP contribution in [0.1, 0.15) is 27.2 Å². The molecule has 0 aromatic heterocycles. The van der Waals surface area contributed by atoms with Crippen molar-refractivity contribution in [3.8, 4) is 0 Å². The van der Waals surface area contributed by atoms with Gasteiger partial charge in [-0.1, -0.05) is 20.3 Å². The summed E-state index contributed by atoms with van der Waals surface area (Å²) in [5, 5.41) is 0. The molecule has 0 heterocycles. The van der Waals surface area contributed by atoms with Gasteiger partial charge in [-0.05, 0) is 6.92 Å². The summed E-state index contributed by atoms with van der Waals surface area (Å²) < 4.78 is 0. The molecule has 0 unspecified atom stereocenters. The van der Waals surface area contributed by atoms with Gasteiger partial charge in [-0.3, -0.25) is 0 Å². The Balaban J connectivity index is 0. The van der Waals surface area contributed by atoms with Crippen LogP contribution in [0.5, 0.6) is 0 Å². The van der Waals surface area contributed by atoms with Crippen LogP contribution in [0.3, 0.4) is 0 Å². The molecule has 0 aliphatic rings. The molecular weight excluding hydrogens is 112 g/mol. The molecule has 0 saturated carbocycles. The van der Waals surface area contributed by atoms with E-state index in [-0.39, 0.29) is 0 Å². The molecule has 2 nitrogen and oxygen atoms in total. The predicted octanol–water partition coefficient (Wildman–Crippen LogP) is 2.23. The minimum absolute atomic E-state index is 0.775. The minimum atomic E-state index is 0.775. The summed E-state index contributed by atoms with van der Waals surface area (Å²) in [6.45, 7) is 6.97. The van der Waals surface area contributed by atoms with Crippen molar-refractivity contribution in [3.05, 3.63) is 0 Å². The van der Waals surface area contributed by atoms with E-state index in [0.717, 1.165) is 6.54 Å². The van der Waals surface area contributed by atoms with Crippen LogP contribution in [0.2, 0.25) is 0 Å². The lowest BCUT2D eigenvalue weighted by atomic mass is 10.6. The van der Waals surface area contributed by atoms with E-state index in [4.69, 9.17) is 0 Å². The van der Waals surface area contributed by atoms with Gasteiger partial charge in [-0.25, -0.2) is 9.98 Å². The Morgan fingerprint density at radius 3 is 1.78 bits per heavy atom. The molecule has 0 aromatic carbocycles. The van der Waals surface area contributed by atoms with Gasteiger partial charge >= 0.3 is 0 Å². The zero-order valence-electron chi connectivity index (χ0n) is 6.81. The molecule has 9 heavy (non-hydrogen) atoms. The maximum atomic E-state index is 3.67. The van der Waals surface area contributed by atoms with Crippen molar-refractivity contribution in [2.45, 2.75) is 27.2 Å². The Labute approximate surface area is 57.7 Å². The van der Waals surface area contributed by atoms with E-state index in [1.165, 1.54) is 6.42 Å². The van der Waals surface area contributed by atoms with Crippen molar-refractivity contribution in [2.75, 3.05) is 13.6 Å². The van der Waals surface area contributed by atoms with Crippen molar-refractivity contribution in [1.29, 1.82) is 0 Å². The van der Waals surface area contributed by atoms with Crippen LogP contribution in [0.25, 0.3) is 0 Å². The number of aliphatic imine (C=N–C) groups is 2. The summed E-state index contributed by atoms with van der Waals surface area (Å²) >= 11 is 0. The van der Waals surface area contributed by atoms with Crippen molar-refractivity contribution >= 4 is 6.01 Å². The van der Waals surface area contributed by atoms with Gasteiger partial charge in [0.2, 0.25) is 0 Å². The Bertz CT molecular complexity index is 80.9. The maximum Gasteiger partial charge on any atom is 0.0889 e. The highest BCUT2D eigenvalue weighted by Gasteiger charge is 1.52. The first-order chi connectivity index (χ1) is 4.33. The van der Waals surface area contributed by atoms with Gasteiger partial charge in [0, 0.05) is 13.6 Å². The van der Waals surface area contributed by atoms with Gasteiger partial charge in [0.05, 0.1) is 6.01 Å². The Morgan fingerprint density at radius 2 is 1.67 bits per heavy atom. The summed E-state index contributed by atoms with van der Waals surface area (Å²) in [6.07, 6.45) is 1.25. The second-order valence-electron chi connectivity index (χ2n) is 1.51. The van der Waals surface area contributed by atoms with Crippen LogP contribution >= 0.6 is 0 Å². The lowest BCUT2D eigenvalue weighted by Crippen LogP contribution is -1.60. The van der Waals surface area contributed by atoms with Crippen LogP contribution in [0, 0.1) is 0 Å². The van der Waals surface area contributed by atoms with E-state index >= 15 is 0 Å². The third-order valence-corrected chi connectivity index (χ3v) is 0.329. The third-order valence-electron chi connectivity index (χ3n) is 0.329. The van der Waals surface area contributed by atoms with Gasteiger partial charge in [0.25, 0.3) is 0 Å². The van der Waals surface area contributed by atoms with Crippen LogP contribution in [-0.4, -0.2) is 19.6 Å². The molecule has 0 atom stereocenters. The third kappa shape index (κ3) is 37.7. The Morgan fingerprint density at radius 1 is 1.22 bits per heavy atom. The second kappa shape index (κ2) is 15.7. The fourth-order valence-electron chi connectivity index (χ4n) is 0.141. The van der Waals surface area contributed by atoms with E-state index in [0.29, 0.717) is 0 Å². The molecule has 0 amide bonds. The molecule has 0 spiro atoms. The number of rotatable bonds is 1. The van der Waals surface area contributed by atoms with Crippen LogP contribution in [-0.2, 0) is 0 Å². The average Bonchev–Trinajstić information content (AvgIpc) is 1.86. The molecule has 0 bridgehead atoms. The van der Waals surface area contributed by atoms with Crippen molar-refractivity contribution in [3.63, 3.8) is 0 Å². The van der Waals surface area contributed by atoms with Crippen molar-refractivity contribution in [1.82, 2.24) is 0 Å². The topological polar surface area (TPSA) is 24.7 Å². The first kappa shape index (κ1) is 11.2. The predicted molar refractivity (Wildman–Crippen MR) is 42.3 cm³/mol. The number of hydrogen-bond acceptors (Lipinski definition) is 2. The molecule has 54 valence electrons. The smallest absolute Gasteiger partial charge is 0.0889 e. The normalized spacial score (nSPS) is 6.22. The minimum Gasteiger partial charge on any atom is -0.229 e. The molecule has 0 rings (SSSR count). The summed E-state index contributed by atoms with van der Waals surface area (Å²) in [5.41, 5.74) is 0. The van der Waals surface area contributed by atoms with Crippen LogP contribution in [0.15, 0.2) is 9.98 Å². The molecule has 0 fully saturated rings. The molecule has 2 heteroatoms. The fraction of sp³-hybridized carbons (Fsp3) is 0.857. The maximum absolute atomic E-state index is 3.67. The zero-order valence-corrected chi connectivity index (χ0v) is 6.81. The van der Waals surface area contributed by atoms with Crippen LogP contribution in [0.4, 0.5) is 0 Å². The highest BCUT2D eigenvalue weighted by atomic mass is 14.8. The SMILES string of the molecule is CCC.CCN=C=NC. The lowest BCUT2D eigenvalue weighted by Gasteiger charge is -1.63. The van der Waals surface area contributed by atoms with E-state index in [1.807, 2.05) is 6.92 Å². The van der Waals surface area contributed by atoms with Gasteiger partial charge in [0.15, 0.2) is 0 Å². The monoisotopic (exact) mass is 128 g/mol. The molecule has 0 aliphatic carbocycles. The Kier molecular flexibility index (Phi) is 19.5. The number of hydrogen-bond donors (Lipinski definition) is 0. The first-order valence-electron chi connectivity index (χ1n) is 3.33.